The summed E-state index contributed by atoms with van der Waals surface area (Å²) in [6.07, 6.45) is 21.4. The summed E-state index contributed by atoms with van der Waals surface area (Å²) in [7, 11) is 0. The van der Waals surface area contributed by atoms with Crippen molar-refractivity contribution in [3.8, 4) is 0 Å². The van der Waals surface area contributed by atoms with E-state index < -0.39 is 11.4 Å². The third-order valence-corrected chi connectivity index (χ3v) is 6.36. The molecule has 2 N–H and O–H groups in total. The highest BCUT2D eigenvalue weighted by Gasteiger charge is 2.20. The van der Waals surface area contributed by atoms with E-state index in [4.69, 9.17) is 5.11 Å². The van der Waals surface area contributed by atoms with E-state index in [1.54, 1.807) is 0 Å². The van der Waals surface area contributed by atoms with Crippen LogP contribution in [-0.2, 0) is 4.79 Å². The highest BCUT2D eigenvalue weighted by atomic mass is 32.2. The fourth-order valence-electron chi connectivity index (χ4n) is 3.36. The van der Waals surface area contributed by atoms with E-state index >= 15 is 0 Å². The average Bonchev–Trinajstić information content (AvgIpc) is 2.62. The molecule has 0 bridgehead atoms. The van der Waals surface area contributed by atoms with Gasteiger partial charge in [0.15, 0.2) is 5.44 Å². The summed E-state index contributed by atoms with van der Waals surface area (Å²) >= 11 is 1.25. The Morgan fingerprint density at radius 2 is 1.04 bits per heavy atom. The van der Waals surface area contributed by atoms with Crippen molar-refractivity contribution < 1.29 is 15.0 Å². The number of aliphatic hydroxyl groups is 1. The van der Waals surface area contributed by atoms with Crippen molar-refractivity contribution in [1.29, 1.82) is 0 Å². The van der Waals surface area contributed by atoms with Crippen molar-refractivity contribution >= 4 is 17.7 Å². The zero-order chi connectivity index (χ0) is 19.5. The van der Waals surface area contributed by atoms with Crippen LogP contribution in [0.2, 0.25) is 0 Å². The molecule has 26 heavy (non-hydrogen) atoms. The minimum absolute atomic E-state index is 0.289. The van der Waals surface area contributed by atoms with E-state index in [1.165, 1.54) is 95.2 Å². The lowest BCUT2D eigenvalue weighted by atomic mass is 10.0. The van der Waals surface area contributed by atoms with Crippen LogP contribution in [0.5, 0.6) is 0 Å². The third-order valence-electron chi connectivity index (χ3n) is 5.04. The Hall–Kier alpha value is -0.220. The van der Waals surface area contributed by atoms with Gasteiger partial charge in [-0.1, -0.05) is 110 Å². The maximum atomic E-state index is 10.9. The standard InChI is InChI=1S/C22H44O3S/c1-3-5-7-9-11-12-13-15-17-19-20(26-22(25)21(23)24)18-16-14-10-8-6-4-2/h20,22,25H,3-19H2,1-2H3,(H,23,24). The van der Waals surface area contributed by atoms with Gasteiger partial charge in [0.2, 0.25) is 0 Å². The van der Waals surface area contributed by atoms with Crippen LogP contribution in [0.3, 0.4) is 0 Å². The van der Waals surface area contributed by atoms with Crippen LogP contribution in [0, 0.1) is 0 Å². The Bertz CT molecular complexity index is 310. The predicted molar refractivity (Wildman–Crippen MR) is 115 cm³/mol. The van der Waals surface area contributed by atoms with Crippen molar-refractivity contribution in [1.82, 2.24) is 0 Å². The van der Waals surface area contributed by atoms with Crippen LogP contribution in [0.15, 0.2) is 0 Å². The number of carbonyl (C=O) groups is 1. The second-order valence-electron chi connectivity index (χ2n) is 7.62. The van der Waals surface area contributed by atoms with E-state index in [2.05, 4.69) is 13.8 Å². The molecule has 4 heteroatoms. The number of hydrogen-bond donors (Lipinski definition) is 2. The molecule has 0 fully saturated rings. The molecule has 0 saturated carbocycles. The van der Waals surface area contributed by atoms with Gasteiger partial charge in [-0.05, 0) is 12.8 Å². The Kier molecular flexibility index (Phi) is 19.4. The molecule has 0 spiro atoms. The first-order valence-corrected chi connectivity index (χ1v) is 12.1. The second kappa shape index (κ2) is 19.5. The highest BCUT2D eigenvalue weighted by molar-refractivity contribution is 8.01. The van der Waals surface area contributed by atoms with Crippen LogP contribution in [0.25, 0.3) is 0 Å². The number of rotatable bonds is 20. The molecule has 0 rings (SSSR count). The topological polar surface area (TPSA) is 57.5 Å². The summed E-state index contributed by atoms with van der Waals surface area (Å²) in [6.45, 7) is 4.48. The minimum Gasteiger partial charge on any atom is -0.479 e. The molecule has 0 aromatic heterocycles. The molecular formula is C22H44O3S. The zero-order valence-electron chi connectivity index (χ0n) is 17.4. The number of carboxylic acids is 1. The molecule has 2 unspecified atom stereocenters. The van der Waals surface area contributed by atoms with Gasteiger partial charge in [-0.2, -0.15) is 0 Å². The number of carboxylic acid groups (broad SMARTS) is 1. The molecule has 0 aliphatic carbocycles. The summed E-state index contributed by atoms with van der Waals surface area (Å²) in [5.74, 6) is -1.10. The molecule has 0 heterocycles. The van der Waals surface area contributed by atoms with Crippen molar-refractivity contribution in [2.45, 2.75) is 134 Å². The van der Waals surface area contributed by atoms with Crippen LogP contribution in [-0.4, -0.2) is 26.9 Å². The van der Waals surface area contributed by atoms with Crippen LogP contribution < -0.4 is 0 Å². The lowest BCUT2D eigenvalue weighted by Crippen LogP contribution is -2.19. The first-order valence-electron chi connectivity index (χ1n) is 11.2. The number of aliphatic carboxylic acids is 1. The summed E-state index contributed by atoms with van der Waals surface area (Å²) in [5, 5.41) is 18.9. The summed E-state index contributed by atoms with van der Waals surface area (Å²) in [6, 6.07) is 0. The third kappa shape index (κ3) is 17.2. The van der Waals surface area contributed by atoms with Gasteiger partial charge in [0.05, 0.1) is 0 Å². The monoisotopic (exact) mass is 388 g/mol. The fourth-order valence-corrected chi connectivity index (χ4v) is 4.44. The molecule has 0 radical (unpaired) electrons. The van der Waals surface area contributed by atoms with Gasteiger partial charge < -0.3 is 10.2 Å². The van der Waals surface area contributed by atoms with Gasteiger partial charge in [-0.3, -0.25) is 0 Å². The molecule has 3 nitrogen and oxygen atoms in total. The van der Waals surface area contributed by atoms with Crippen LogP contribution >= 0.6 is 11.8 Å². The van der Waals surface area contributed by atoms with Crippen molar-refractivity contribution in [2.24, 2.45) is 0 Å². The van der Waals surface area contributed by atoms with E-state index in [0.717, 1.165) is 25.7 Å². The van der Waals surface area contributed by atoms with E-state index in [0.29, 0.717) is 0 Å². The van der Waals surface area contributed by atoms with E-state index in [9.17, 15) is 9.90 Å². The van der Waals surface area contributed by atoms with Gasteiger partial charge in [0.25, 0.3) is 0 Å². The molecular weight excluding hydrogens is 344 g/mol. The Balaban J connectivity index is 3.84. The van der Waals surface area contributed by atoms with Crippen molar-refractivity contribution in [3.63, 3.8) is 0 Å². The zero-order valence-corrected chi connectivity index (χ0v) is 18.2. The summed E-state index contributed by atoms with van der Waals surface area (Å²) in [4.78, 5) is 10.9. The Labute approximate surface area is 166 Å². The van der Waals surface area contributed by atoms with Gasteiger partial charge in [0.1, 0.15) is 0 Å². The quantitative estimate of drug-likeness (QED) is 0.171. The van der Waals surface area contributed by atoms with E-state index in [1.807, 2.05) is 0 Å². The number of hydrogen-bond acceptors (Lipinski definition) is 3. The maximum Gasteiger partial charge on any atom is 0.343 e. The van der Waals surface area contributed by atoms with Gasteiger partial charge >= 0.3 is 5.97 Å². The van der Waals surface area contributed by atoms with Crippen molar-refractivity contribution in [2.75, 3.05) is 0 Å². The van der Waals surface area contributed by atoms with Crippen molar-refractivity contribution in [3.05, 3.63) is 0 Å². The van der Waals surface area contributed by atoms with Crippen LogP contribution in [0.4, 0.5) is 0 Å². The maximum absolute atomic E-state index is 10.9. The lowest BCUT2D eigenvalue weighted by molar-refractivity contribution is -0.141. The first kappa shape index (κ1) is 25.8. The normalized spacial score (nSPS) is 13.7. The van der Waals surface area contributed by atoms with Gasteiger partial charge in [0, 0.05) is 5.25 Å². The Morgan fingerprint density at radius 1 is 0.692 bits per heavy atom. The smallest absolute Gasteiger partial charge is 0.343 e. The molecule has 0 saturated heterocycles. The minimum atomic E-state index is -1.27. The summed E-state index contributed by atoms with van der Waals surface area (Å²) < 4.78 is 0. The second-order valence-corrected chi connectivity index (χ2v) is 9.01. The average molecular weight is 389 g/mol. The molecule has 0 aromatic carbocycles. The molecule has 0 aromatic rings. The highest BCUT2D eigenvalue weighted by Crippen LogP contribution is 2.27. The van der Waals surface area contributed by atoms with E-state index in [-0.39, 0.29) is 5.25 Å². The fraction of sp³-hybridized carbons (Fsp3) is 0.955. The largest absolute Gasteiger partial charge is 0.479 e. The number of thioether (sulfide) groups is 1. The lowest BCUT2D eigenvalue weighted by Gasteiger charge is -2.18. The Morgan fingerprint density at radius 3 is 1.38 bits per heavy atom. The SMILES string of the molecule is CCCCCCCCCCCC(CCCCCCCC)SC(O)C(=O)O. The van der Waals surface area contributed by atoms with Gasteiger partial charge in [-0.15, -0.1) is 11.8 Å². The molecule has 0 aliphatic rings. The number of aliphatic hydroxyl groups excluding tert-OH is 1. The number of unbranched alkanes of at least 4 members (excludes halogenated alkanes) is 13. The molecule has 0 aliphatic heterocycles. The predicted octanol–water partition coefficient (Wildman–Crippen LogP) is 7.16. The van der Waals surface area contributed by atoms with Crippen LogP contribution in [0.1, 0.15) is 123 Å². The van der Waals surface area contributed by atoms with Gasteiger partial charge in [-0.25, -0.2) is 4.79 Å². The first-order chi connectivity index (χ1) is 12.6. The molecule has 2 atom stereocenters. The summed E-state index contributed by atoms with van der Waals surface area (Å²) in [5.41, 5.74) is -1.27. The molecule has 0 amide bonds. The molecule has 156 valence electrons.